The Hall–Kier alpha value is -3.94. The number of hydrogen-bond acceptors (Lipinski definition) is 7. The Bertz CT molecular complexity index is 1430. The molecule has 2 heterocycles. The molecule has 0 radical (unpaired) electrons. The van der Waals surface area contributed by atoms with Crippen molar-refractivity contribution in [2.45, 2.75) is 6.42 Å². The molecule has 0 aliphatic heterocycles. The number of benzene rings is 2. The highest BCUT2D eigenvalue weighted by atomic mass is 35.5. The van der Waals surface area contributed by atoms with Gasteiger partial charge in [0.1, 0.15) is 11.4 Å². The van der Waals surface area contributed by atoms with Gasteiger partial charge in [0.2, 0.25) is 5.89 Å². The van der Waals surface area contributed by atoms with Crippen LogP contribution >= 0.6 is 23.2 Å². The van der Waals surface area contributed by atoms with Crippen LogP contribution < -0.4 is 4.74 Å². The monoisotopic (exact) mass is 487 g/mol. The number of aryl methyl sites for hydroxylation is 1. The molecule has 0 saturated carbocycles. The Kier molecular flexibility index (Phi) is 6.00. The quantitative estimate of drug-likeness (QED) is 0.253. The Morgan fingerprint density at radius 2 is 2.06 bits per heavy atom. The average molecular weight is 488 g/mol. The molecule has 12 heteroatoms. The molecule has 0 amide bonds. The number of ether oxygens (including phenoxy) is 1. The van der Waals surface area contributed by atoms with Crippen LogP contribution in [-0.4, -0.2) is 19.7 Å². The molecule has 166 valence electrons. The molecule has 0 atom stereocenters. The van der Waals surface area contributed by atoms with E-state index in [9.17, 15) is 10.1 Å². The zero-order valence-electron chi connectivity index (χ0n) is 16.8. The normalized spacial score (nSPS) is 10.8. The maximum absolute atomic E-state index is 15.2. The summed E-state index contributed by atoms with van der Waals surface area (Å²) in [4.78, 5) is 10.4. The molecule has 33 heavy (non-hydrogen) atoms. The molecule has 0 bridgehead atoms. The molecule has 2 aromatic heterocycles. The molecule has 0 aliphatic rings. The lowest BCUT2D eigenvalue weighted by molar-refractivity contribution is -0.384. The predicted molar refractivity (Wildman–Crippen MR) is 116 cm³/mol. The molecule has 4 rings (SSSR count). The SMILES string of the molecule is Cn1cc([N+](=O)[O-])cc1-c1nnc(Cc2ccc(Cl)c(Oc3cc(Cl)cc(C#N)c3)c2F)o1. The molecule has 4 aromatic rings. The van der Waals surface area contributed by atoms with Crippen LogP contribution in [0.5, 0.6) is 11.5 Å². The fourth-order valence-electron chi connectivity index (χ4n) is 3.06. The zero-order chi connectivity index (χ0) is 23.7. The molecule has 2 aromatic carbocycles. The van der Waals surface area contributed by atoms with Crippen molar-refractivity contribution in [1.29, 1.82) is 5.26 Å². The van der Waals surface area contributed by atoms with Gasteiger partial charge in [0.05, 0.1) is 34.2 Å². The highest BCUT2D eigenvalue weighted by Gasteiger charge is 2.21. The number of nitrogens with zero attached hydrogens (tertiary/aromatic N) is 5. The van der Waals surface area contributed by atoms with Crippen LogP contribution in [0, 0.1) is 27.3 Å². The summed E-state index contributed by atoms with van der Waals surface area (Å²) in [5.41, 5.74) is 0.614. The van der Waals surface area contributed by atoms with Crippen LogP contribution in [0.1, 0.15) is 17.0 Å². The van der Waals surface area contributed by atoms with Crippen molar-refractivity contribution in [2.75, 3.05) is 0 Å². The van der Waals surface area contributed by atoms with Gasteiger partial charge in [-0.3, -0.25) is 10.1 Å². The van der Waals surface area contributed by atoms with Crippen molar-refractivity contribution in [1.82, 2.24) is 14.8 Å². The summed E-state index contributed by atoms with van der Waals surface area (Å²) in [6, 6.07) is 10.4. The van der Waals surface area contributed by atoms with E-state index in [0.29, 0.717) is 5.69 Å². The standard InChI is InChI=1S/C21H12Cl2FN5O4/c1-28-10-14(29(30)31)8-17(28)21-27-26-18(33-21)6-12-2-3-16(23)20(19(12)24)32-15-5-11(9-25)4-13(22)7-15/h2-5,7-8,10H,6H2,1H3. The van der Waals surface area contributed by atoms with Crippen molar-refractivity contribution in [3.8, 4) is 29.2 Å². The molecule has 0 spiro atoms. The number of halogens is 3. The summed E-state index contributed by atoms with van der Waals surface area (Å²) in [5, 5.41) is 28.1. The largest absolute Gasteiger partial charge is 0.453 e. The highest BCUT2D eigenvalue weighted by Crippen LogP contribution is 2.36. The van der Waals surface area contributed by atoms with Gasteiger partial charge in [-0.1, -0.05) is 29.3 Å². The second-order valence-corrected chi connectivity index (χ2v) is 7.71. The number of aromatic nitrogens is 3. The van der Waals surface area contributed by atoms with Crippen LogP contribution in [0.2, 0.25) is 10.0 Å². The Morgan fingerprint density at radius 1 is 1.27 bits per heavy atom. The lowest BCUT2D eigenvalue weighted by Gasteiger charge is -2.11. The third-order valence-corrected chi connectivity index (χ3v) is 5.09. The summed E-state index contributed by atoms with van der Waals surface area (Å²) < 4.78 is 27.8. The van der Waals surface area contributed by atoms with Gasteiger partial charge in [-0.15, -0.1) is 10.2 Å². The molecule has 0 fully saturated rings. The Balaban J connectivity index is 1.61. The van der Waals surface area contributed by atoms with Crippen LogP contribution in [0.4, 0.5) is 10.1 Å². The van der Waals surface area contributed by atoms with Gasteiger partial charge in [0.25, 0.3) is 11.6 Å². The molecule has 0 N–H and O–H groups in total. The third-order valence-electron chi connectivity index (χ3n) is 4.58. The predicted octanol–water partition coefficient (Wildman–Crippen LogP) is 5.68. The number of nitriles is 1. The molecule has 0 aliphatic carbocycles. The van der Waals surface area contributed by atoms with Crippen LogP contribution in [0.25, 0.3) is 11.6 Å². The van der Waals surface area contributed by atoms with E-state index in [-0.39, 0.29) is 56.6 Å². The summed E-state index contributed by atoms with van der Waals surface area (Å²) in [7, 11) is 1.60. The van der Waals surface area contributed by atoms with Gasteiger partial charge in [0, 0.05) is 23.7 Å². The minimum absolute atomic E-state index is 0.0112. The fraction of sp³-hybridized carbons (Fsp3) is 0.0952. The average Bonchev–Trinajstić information content (AvgIpc) is 3.39. The topological polar surface area (TPSA) is 120 Å². The van der Waals surface area contributed by atoms with E-state index in [1.165, 1.54) is 47.2 Å². The summed E-state index contributed by atoms with van der Waals surface area (Å²) >= 11 is 12.1. The zero-order valence-corrected chi connectivity index (χ0v) is 18.3. The molecule has 9 nitrogen and oxygen atoms in total. The van der Waals surface area contributed by atoms with Gasteiger partial charge >= 0.3 is 0 Å². The van der Waals surface area contributed by atoms with E-state index in [2.05, 4.69) is 10.2 Å². The Labute approximate surface area is 195 Å². The smallest absolute Gasteiger partial charge is 0.287 e. The van der Waals surface area contributed by atoms with Gasteiger partial charge in [-0.25, -0.2) is 4.39 Å². The summed E-state index contributed by atoms with van der Waals surface area (Å²) in [6.07, 6.45) is 1.23. The first-order valence-electron chi connectivity index (χ1n) is 9.24. The van der Waals surface area contributed by atoms with E-state index in [1.807, 2.05) is 6.07 Å². The highest BCUT2D eigenvalue weighted by molar-refractivity contribution is 6.32. The summed E-state index contributed by atoms with van der Waals surface area (Å²) in [5.74, 6) is -0.735. The van der Waals surface area contributed by atoms with Crippen molar-refractivity contribution < 1.29 is 18.5 Å². The maximum atomic E-state index is 15.2. The molecular weight excluding hydrogens is 476 g/mol. The van der Waals surface area contributed by atoms with E-state index < -0.39 is 10.7 Å². The molecular formula is C21H12Cl2FN5O4. The number of nitro groups is 1. The van der Waals surface area contributed by atoms with Gasteiger partial charge in [-0.05, 0) is 24.3 Å². The van der Waals surface area contributed by atoms with Crippen LogP contribution in [0.3, 0.4) is 0 Å². The number of rotatable bonds is 6. The lowest BCUT2D eigenvalue weighted by Crippen LogP contribution is -1.98. The molecule has 0 saturated heterocycles. The van der Waals surface area contributed by atoms with Crippen molar-refractivity contribution in [2.24, 2.45) is 7.05 Å². The number of hydrogen-bond donors (Lipinski definition) is 0. The van der Waals surface area contributed by atoms with E-state index >= 15 is 4.39 Å². The van der Waals surface area contributed by atoms with Crippen molar-refractivity contribution >= 4 is 28.9 Å². The van der Waals surface area contributed by atoms with Crippen molar-refractivity contribution in [3.63, 3.8) is 0 Å². The first-order chi connectivity index (χ1) is 15.7. The first kappa shape index (κ1) is 22.3. The Morgan fingerprint density at radius 3 is 2.76 bits per heavy atom. The van der Waals surface area contributed by atoms with Crippen LogP contribution in [0.15, 0.2) is 47.0 Å². The van der Waals surface area contributed by atoms with Gasteiger partial charge < -0.3 is 13.7 Å². The van der Waals surface area contributed by atoms with Gasteiger partial charge in [-0.2, -0.15) is 5.26 Å². The van der Waals surface area contributed by atoms with Crippen molar-refractivity contribution in [3.05, 3.63) is 85.6 Å². The summed E-state index contributed by atoms with van der Waals surface area (Å²) in [6.45, 7) is 0. The van der Waals surface area contributed by atoms with Gasteiger partial charge in [0.15, 0.2) is 11.6 Å². The van der Waals surface area contributed by atoms with E-state index in [1.54, 1.807) is 7.05 Å². The second-order valence-electron chi connectivity index (χ2n) is 6.87. The molecule has 0 unspecified atom stereocenters. The fourth-order valence-corrected chi connectivity index (χ4v) is 3.47. The minimum atomic E-state index is -0.754. The van der Waals surface area contributed by atoms with E-state index in [4.69, 9.17) is 37.6 Å². The maximum Gasteiger partial charge on any atom is 0.287 e. The second kappa shape index (κ2) is 8.90. The van der Waals surface area contributed by atoms with E-state index in [0.717, 1.165) is 0 Å². The lowest BCUT2D eigenvalue weighted by atomic mass is 10.1. The first-order valence-corrected chi connectivity index (χ1v) is 9.99. The minimum Gasteiger partial charge on any atom is -0.453 e. The van der Waals surface area contributed by atoms with Crippen LogP contribution in [-0.2, 0) is 13.5 Å². The third kappa shape index (κ3) is 4.64.